The smallest absolute Gasteiger partial charge is 0.264 e. The maximum Gasteiger partial charge on any atom is 0.264 e. The molecule has 0 aromatic heterocycles. The van der Waals surface area contributed by atoms with Gasteiger partial charge < -0.3 is 15.0 Å². The Morgan fingerprint density at radius 3 is 2.33 bits per heavy atom. The van der Waals surface area contributed by atoms with Crippen LogP contribution in [0, 0.1) is 0 Å². The number of ether oxygens (including phenoxy) is 1. The molecule has 1 amide bonds. The van der Waals surface area contributed by atoms with Gasteiger partial charge in [0.25, 0.3) is 10.0 Å². The second-order valence-corrected chi connectivity index (χ2v) is 10.9. The average Bonchev–Trinajstić information content (AvgIpc) is 2.91. The van der Waals surface area contributed by atoms with E-state index in [4.69, 9.17) is 16.3 Å². The first-order valence-electron chi connectivity index (χ1n) is 11.9. The number of hydrogen-bond donors (Lipinski definition) is 1. The fourth-order valence-corrected chi connectivity index (χ4v) is 5.89. The molecule has 0 radical (unpaired) electrons. The number of benzene rings is 3. The molecule has 0 saturated carbocycles. The van der Waals surface area contributed by atoms with Gasteiger partial charge in [-0.15, -0.1) is 0 Å². The van der Waals surface area contributed by atoms with E-state index in [0.717, 1.165) is 23.0 Å². The van der Waals surface area contributed by atoms with Crippen LogP contribution in [-0.2, 0) is 21.4 Å². The zero-order valence-electron chi connectivity index (χ0n) is 20.2. The molecule has 36 heavy (non-hydrogen) atoms. The number of sulfonamides is 1. The lowest BCUT2D eigenvalue weighted by atomic mass is 10.1. The molecule has 3 aromatic carbocycles. The van der Waals surface area contributed by atoms with Gasteiger partial charge in [-0.05, 0) is 67.3 Å². The van der Waals surface area contributed by atoms with Gasteiger partial charge in [-0.25, -0.2) is 8.42 Å². The van der Waals surface area contributed by atoms with Crippen molar-refractivity contribution >= 4 is 38.9 Å². The quantitative estimate of drug-likeness (QED) is 0.430. The summed E-state index contributed by atoms with van der Waals surface area (Å²) in [5.41, 5.74) is 2.39. The molecule has 3 aromatic rings. The van der Waals surface area contributed by atoms with E-state index >= 15 is 0 Å². The summed E-state index contributed by atoms with van der Waals surface area (Å²) in [5.74, 6) is -0.0171. The van der Waals surface area contributed by atoms with Crippen molar-refractivity contribution in [2.45, 2.75) is 30.7 Å². The Hall–Kier alpha value is -3.23. The number of nitrogens with one attached hydrogen (secondary N) is 1. The molecular formula is C27H30ClN3O4S. The summed E-state index contributed by atoms with van der Waals surface area (Å²) in [5, 5.41) is 3.09. The van der Waals surface area contributed by atoms with Crippen molar-refractivity contribution in [3.8, 4) is 5.75 Å². The lowest BCUT2D eigenvalue weighted by molar-refractivity contribution is -0.119. The summed E-state index contributed by atoms with van der Waals surface area (Å²) in [4.78, 5) is 15.4. The minimum atomic E-state index is -4.02. The van der Waals surface area contributed by atoms with E-state index < -0.39 is 22.5 Å². The minimum Gasteiger partial charge on any atom is -0.495 e. The Kier molecular flexibility index (Phi) is 8.38. The van der Waals surface area contributed by atoms with Gasteiger partial charge >= 0.3 is 0 Å². The third-order valence-electron chi connectivity index (χ3n) is 6.19. The molecule has 7 nitrogen and oxygen atoms in total. The predicted octanol–water partition coefficient (Wildman–Crippen LogP) is 4.85. The molecule has 1 heterocycles. The first-order chi connectivity index (χ1) is 17.4. The number of nitrogens with zero attached hydrogens (tertiary/aromatic N) is 2. The molecule has 1 saturated heterocycles. The molecule has 9 heteroatoms. The summed E-state index contributed by atoms with van der Waals surface area (Å²) in [6.45, 7) is 2.03. The van der Waals surface area contributed by atoms with Crippen LogP contribution in [-0.4, -0.2) is 41.1 Å². The highest BCUT2D eigenvalue weighted by atomic mass is 35.5. The van der Waals surface area contributed by atoms with Crippen LogP contribution in [0.5, 0.6) is 5.75 Å². The van der Waals surface area contributed by atoms with Crippen molar-refractivity contribution in [2.24, 2.45) is 0 Å². The highest BCUT2D eigenvalue weighted by molar-refractivity contribution is 7.92. The summed E-state index contributed by atoms with van der Waals surface area (Å²) in [7, 11) is -2.54. The highest BCUT2D eigenvalue weighted by Crippen LogP contribution is 2.32. The van der Waals surface area contributed by atoms with Crippen molar-refractivity contribution in [1.82, 2.24) is 5.32 Å². The average molecular weight is 528 g/mol. The van der Waals surface area contributed by atoms with E-state index in [-0.39, 0.29) is 15.6 Å². The fraction of sp³-hybridized carbons (Fsp3) is 0.296. The van der Waals surface area contributed by atoms with Crippen molar-refractivity contribution in [3.05, 3.63) is 83.4 Å². The van der Waals surface area contributed by atoms with Crippen LogP contribution < -0.4 is 19.3 Å². The third-order valence-corrected chi connectivity index (χ3v) is 8.27. The largest absolute Gasteiger partial charge is 0.495 e. The Morgan fingerprint density at radius 1 is 1.00 bits per heavy atom. The van der Waals surface area contributed by atoms with Gasteiger partial charge in [0.05, 0.1) is 22.7 Å². The monoisotopic (exact) mass is 527 g/mol. The van der Waals surface area contributed by atoms with Gasteiger partial charge in [-0.1, -0.05) is 41.9 Å². The highest BCUT2D eigenvalue weighted by Gasteiger charge is 2.27. The van der Waals surface area contributed by atoms with E-state index in [1.165, 1.54) is 50.3 Å². The van der Waals surface area contributed by atoms with Gasteiger partial charge in [-0.2, -0.15) is 0 Å². The molecule has 0 atom stereocenters. The number of halogens is 1. The number of amides is 1. The van der Waals surface area contributed by atoms with E-state index in [9.17, 15) is 13.2 Å². The number of carbonyl (C=O) groups excluding carboxylic acids is 1. The lowest BCUT2D eigenvalue weighted by Gasteiger charge is -2.28. The van der Waals surface area contributed by atoms with Crippen molar-refractivity contribution < 1.29 is 17.9 Å². The summed E-state index contributed by atoms with van der Waals surface area (Å²) >= 11 is 6.27. The van der Waals surface area contributed by atoms with Crippen LogP contribution in [0.4, 0.5) is 11.4 Å². The topological polar surface area (TPSA) is 79.0 Å². The Balaban J connectivity index is 1.49. The van der Waals surface area contributed by atoms with E-state index in [2.05, 4.69) is 22.3 Å². The maximum atomic E-state index is 13.5. The Morgan fingerprint density at radius 2 is 1.69 bits per heavy atom. The number of rotatable bonds is 9. The van der Waals surface area contributed by atoms with Crippen LogP contribution >= 0.6 is 11.6 Å². The molecule has 1 aliphatic rings. The molecule has 4 rings (SSSR count). The van der Waals surface area contributed by atoms with E-state index in [1.54, 1.807) is 30.3 Å². The molecule has 0 bridgehead atoms. The lowest BCUT2D eigenvalue weighted by Crippen LogP contribution is -2.40. The summed E-state index contributed by atoms with van der Waals surface area (Å²) in [6, 6.07) is 20.7. The maximum absolute atomic E-state index is 13.5. The SMILES string of the molecule is COc1ccc(N(CC(=O)NCc2ccc(N3CCCCC3)cc2)S(=O)(=O)c2ccccc2)cc1Cl. The van der Waals surface area contributed by atoms with Gasteiger partial charge in [0.1, 0.15) is 12.3 Å². The molecule has 0 aliphatic carbocycles. The molecule has 1 aliphatic heterocycles. The third kappa shape index (κ3) is 6.12. The predicted molar refractivity (Wildman–Crippen MR) is 143 cm³/mol. The first-order valence-corrected chi connectivity index (χ1v) is 13.7. The number of methoxy groups -OCH3 is 1. The second-order valence-electron chi connectivity index (χ2n) is 8.63. The van der Waals surface area contributed by atoms with Crippen LogP contribution in [0.3, 0.4) is 0 Å². The minimum absolute atomic E-state index is 0.0815. The Labute approximate surface area is 217 Å². The standard InChI is InChI=1S/C27H30ClN3O4S/c1-35-26-15-14-23(18-25(26)28)31(36(33,34)24-8-4-2-5-9-24)20-27(32)29-19-21-10-12-22(13-11-21)30-16-6-3-7-17-30/h2,4-5,8-15,18H,3,6-7,16-17,19-20H2,1H3,(H,29,32). The summed E-state index contributed by atoms with van der Waals surface area (Å²) in [6.07, 6.45) is 3.69. The van der Waals surface area contributed by atoms with E-state index in [0.29, 0.717) is 12.3 Å². The van der Waals surface area contributed by atoms with Crippen LogP contribution in [0.25, 0.3) is 0 Å². The number of piperidine rings is 1. The van der Waals surface area contributed by atoms with Gasteiger partial charge in [0.15, 0.2) is 0 Å². The normalized spacial score (nSPS) is 13.8. The molecular weight excluding hydrogens is 498 g/mol. The zero-order chi connectivity index (χ0) is 25.5. The van der Waals surface area contributed by atoms with Crippen LogP contribution in [0.1, 0.15) is 24.8 Å². The number of hydrogen-bond acceptors (Lipinski definition) is 5. The first kappa shape index (κ1) is 25.9. The molecule has 1 N–H and O–H groups in total. The number of carbonyl (C=O) groups is 1. The van der Waals surface area contributed by atoms with Crippen molar-refractivity contribution in [3.63, 3.8) is 0 Å². The van der Waals surface area contributed by atoms with Gasteiger partial charge in [0, 0.05) is 25.3 Å². The van der Waals surface area contributed by atoms with Crippen LogP contribution in [0.15, 0.2) is 77.7 Å². The number of anilines is 2. The van der Waals surface area contributed by atoms with Crippen molar-refractivity contribution in [1.29, 1.82) is 0 Å². The van der Waals surface area contributed by atoms with Gasteiger partial charge in [-0.3, -0.25) is 9.10 Å². The molecule has 0 spiro atoms. The zero-order valence-corrected chi connectivity index (χ0v) is 21.8. The summed E-state index contributed by atoms with van der Waals surface area (Å²) < 4.78 is 33.2. The Bertz CT molecular complexity index is 1280. The fourth-order valence-electron chi connectivity index (χ4n) is 4.21. The van der Waals surface area contributed by atoms with Crippen LogP contribution in [0.2, 0.25) is 5.02 Å². The van der Waals surface area contributed by atoms with Crippen molar-refractivity contribution in [2.75, 3.05) is 35.9 Å². The van der Waals surface area contributed by atoms with Gasteiger partial charge in [0.2, 0.25) is 5.91 Å². The second kappa shape index (κ2) is 11.7. The molecule has 190 valence electrons. The molecule has 1 fully saturated rings. The molecule has 0 unspecified atom stereocenters. The van der Waals surface area contributed by atoms with E-state index in [1.807, 2.05) is 12.1 Å².